The van der Waals surface area contributed by atoms with Gasteiger partial charge >= 0.3 is 0 Å². The Kier molecular flexibility index (Phi) is 3.06. The number of epoxide rings is 1. The molecule has 1 saturated heterocycles. The van der Waals surface area contributed by atoms with Crippen LogP contribution in [0, 0.1) is 0 Å². The molecule has 5 rings (SSSR count). The molecule has 122 valence electrons. The molecule has 1 fully saturated rings. The van der Waals surface area contributed by atoms with E-state index in [-0.39, 0.29) is 11.9 Å². The second kappa shape index (κ2) is 5.30. The fourth-order valence-electron chi connectivity index (χ4n) is 3.72. The Hall–Kier alpha value is -2.91. The number of carbonyl (C=O) groups is 1. The topological polar surface area (TPSA) is 38.8 Å². The van der Waals surface area contributed by atoms with E-state index < -0.39 is 11.7 Å². The van der Waals surface area contributed by atoms with Crippen LogP contribution in [0.1, 0.15) is 33.7 Å². The summed E-state index contributed by atoms with van der Waals surface area (Å²) in [5.41, 5.74) is 1.55. The molecule has 0 radical (unpaired) electrons. The number of benzene rings is 3. The van der Waals surface area contributed by atoms with Crippen molar-refractivity contribution in [2.24, 2.45) is 0 Å². The Labute approximate surface area is 145 Å². The molecular formula is C22H16O3. The highest BCUT2D eigenvalue weighted by atomic mass is 16.6. The highest BCUT2D eigenvalue weighted by Gasteiger charge is 2.71. The van der Waals surface area contributed by atoms with Crippen molar-refractivity contribution in [2.45, 2.75) is 17.8 Å². The molecule has 3 nitrogen and oxygen atoms in total. The molecule has 0 bridgehead atoms. The Morgan fingerprint density at radius 2 is 1.24 bits per heavy atom. The lowest BCUT2D eigenvalue weighted by Gasteiger charge is -2.31. The van der Waals surface area contributed by atoms with Crippen LogP contribution in [-0.2, 0) is 4.74 Å². The summed E-state index contributed by atoms with van der Waals surface area (Å²) in [5.74, 6) is 0.617. The number of rotatable bonds is 2. The maximum absolute atomic E-state index is 13.4. The van der Waals surface area contributed by atoms with Crippen molar-refractivity contribution >= 4 is 5.78 Å². The standard InChI is InChI=1S/C22H16O3/c23-19-17-13-7-8-14-18(17)24-20(15-9-3-1-4-10-15)22(19)21(25-22)16-11-5-2-6-12-16/h1-14,20-21H/t20-,21-,22+/m0/s1. The lowest BCUT2D eigenvalue weighted by Crippen LogP contribution is -2.40. The van der Waals surface area contributed by atoms with Crippen molar-refractivity contribution in [2.75, 3.05) is 0 Å². The molecule has 2 aliphatic heterocycles. The van der Waals surface area contributed by atoms with Crippen LogP contribution in [-0.4, -0.2) is 11.4 Å². The molecule has 3 atom stereocenters. The third-order valence-electron chi connectivity index (χ3n) is 4.97. The molecule has 0 aliphatic carbocycles. The van der Waals surface area contributed by atoms with Gasteiger partial charge in [-0.3, -0.25) is 4.79 Å². The van der Waals surface area contributed by atoms with Gasteiger partial charge in [0, 0.05) is 0 Å². The fourth-order valence-corrected chi connectivity index (χ4v) is 3.72. The van der Waals surface area contributed by atoms with Crippen LogP contribution in [0.15, 0.2) is 84.9 Å². The van der Waals surface area contributed by atoms with Gasteiger partial charge in [-0.15, -0.1) is 0 Å². The average molecular weight is 328 g/mol. The molecule has 2 aliphatic rings. The van der Waals surface area contributed by atoms with Gasteiger partial charge in [-0.1, -0.05) is 72.8 Å². The van der Waals surface area contributed by atoms with E-state index in [0.717, 1.165) is 11.1 Å². The van der Waals surface area contributed by atoms with E-state index in [1.165, 1.54) is 0 Å². The van der Waals surface area contributed by atoms with Gasteiger partial charge < -0.3 is 9.47 Å². The monoisotopic (exact) mass is 328 g/mol. The van der Waals surface area contributed by atoms with Crippen LogP contribution < -0.4 is 4.74 Å². The molecular weight excluding hydrogens is 312 g/mol. The van der Waals surface area contributed by atoms with Crippen LogP contribution in [0.4, 0.5) is 0 Å². The summed E-state index contributed by atoms with van der Waals surface area (Å²) in [6.45, 7) is 0. The number of para-hydroxylation sites is 1. The number of ether oxygens (including phenoxy) is 2. The summed E-state index contributed by atoms with van der Waals surface area (Å²) in [4.78, 5) is 13.4. The minimum absolute atomic E-state index is 0.00273. The number of hydrogen-bond donors (Lipinski definition) is 0. The van der Waals surface area contributed by atoms with Crippen LogP contribution in [0.25, 0.3) is 0 Å². The lowest BCUT2D eigenvalue weighted by molar-refractivity contribution is 0.0523. The first kappa shape index (κ1) is 14.4. The van der Waals surface area contributed by atoms with E-state index in [4.69, 9.17) is 9.47 Å². The van der Waals surface area contributed by atoms with E-state index in [1.54, 1.807) is 0 Å². The molecule has 0 unspecified atom stereocenters. The number of Topliss-reactive ketones (excluding diaryl/α,β-unsaturated/α-hetero) is 1. The molecule has 0 N–H and O–H groups in total. The fraction of sp³-hybridized carbons (Fsp3) is 0.136. The van der Waals surface area contributed by atoms with Crippen molar-refractivity contribution in [1.82, 2.24) is 0 Å². The third kappa shape index (κ3) is 2.06. The van der Waals surface area contributed by atoms with E-state index in [9.17, 15) is 4.79 Å². The normalized spacial score (nSPS) is 26.8. The Morgan fingerprint density at radius 1 is 0.680 bits per heavy atom. The van der Waals surface area contributed by atoms with E-state index in [0.29, 0.717) is 11.3 Å². The molecule has 3 aromatic rings. The van der Waals surface area contributed by atoms with Crippen molar-refractivity contribution in [3.05, 3.63) is 102 Å². The molecule has 0 saturated carbocycles. The molecule has 1 spiro atoms. The van der Waals surface area contributed by atoms with Crippen molar-refractivity contribution in [1.29, 1.82) is 0 Å². The maximum Gasteiger partial charge on any atom is 0.205 e. The van der Waals surface area contributed by atoms with Crippen LogP contribution in [0.5, 0.6) is 5.75 Å². The predicted octanol–water partition coefficient (Wildman–Crippen LogP) is 4.51. The summed E-state index contributed by atoms with van der Waals surface area (Å²) >= 11 is 0. The summed E-state index contributed by atoms with van der Waals surface area (Å²) in [5, 5.41) is 0. The SMILES string of the molecule is O=C1c2ccccc2O[C@@H](c2ccccc2)[C@]12O[C@H]2c1ccccc1. The van der Waals surface area contributed by atoms with Gasteiger partial charge in [0.25, 0.3) is 0 Å². The first-order chi connectivity index (χ1) is 12.3. The number of fused-ring (bicyclic) bond motifs is 1. The highest BCUT2D eigenvalue weighted by Crippen LogP contribution is 2.61. The molecule has 2 heterocycles. The quantitative estimate of drug-likeness (QED) is 0.650. The van der Waals surface area contributed by atoms with Gasteiger partial charge in [-0.2, -0.15) is 0 Å². The summed E-state index contributed by atoms with van der Waals surface area (Å²) in [6.07, 6.45) is -0.749. The largest absolute Gasteiger partial charge is 0.481 e. The Bertz CT molecular complexity index is 936. The Balaban J connectivity index is 1.65. The minimum atomic E-state index is -0.989. The van der Waals surface area contributed by atoms with E-state index in [2.05, 4.69) is 0 Å². The summed E-state index contributed by atoms with van der Waals surface area (Å²) in [7, 11) is 0. The number of hydrogen-bond acceptors (Lipinski definition) is 3. The smallest absolute Gasteiger partial charge is 0.205 e. The highest BCUT2D eigenvalue weighted by molar-refractivity contribution is 6.08. The van der Waals surface area contributed by atoms with Crippen LogP contribution in [0.3, 0.4) is 0 Å². The number of carbonyl (C=O) groups excluding carboxylic acids is 1. The van der Waals surface area contributed by atoms with Crippen molar-refractivity contribution in [3.63, 3.8) is 0 Å². The second-order valence-electron chi connectivity index (χ2n) is 6.44. The first-order valence-corrected chi connectivity index (χ1v) is 8.39. The van der Waals surface area contributed by atoms with Crippen LogP contribution in [0.2, 0.25) is 0 Å². The van der Waals surface area contributed by atoms with Gasteiger partial charge in [0.05, 0.1) is 5.56 Å². The van der Waals surface area contributed by atoms with E-state index >= 15 is 0 Å². The average Bonchev–Trinajstić information content (AvgIpc) is 3.43. The van der Waals surface area contributed by atoms with Gasteiger partial charge in [0.15, 0.2) is 6.10 Å². The van der Waals surface area contributed by atoms with Gasteiger partial charge in [0.2, 0.25) is 11.4 Å². The summed E-state index contributed by atoms with van der Waals surface area (Å²) in [6, 6.07) is 27.1. The molecule has 0 amide bonds. The van der Waals surface area contributed by atoms with Gasteiger partial charge in [-0.25, -0.2) is 0 Å². The van der Waals surface area contributed by atoms with Crippen molar-refractivity contribution in [3.8, 4) is 5.75 Å². The predicted molar refractivity (Wildman–Crippen MR) is 93.6 cm³/mol. The second-order valence-corrected chi connectivity index (χ2v) is 6.44. The Morgan fingerprint density at radius 3 is 1.92 bits per heavy atom. The zero-order valence-electron chi connectivity index (χ0n) is 13.5. The van der Waals surface area contributed by atoms with Gasteiger partial charge in [0.1, 0.15) is 11.9 Å². The van der Waals surface area contributed by atoms with E-state index in [1.807, 2.05) is 84.9 Å². The number of ketones is 1. The third-order valence-corrected chi connectivity index (χ3v) is 4.97. The van der Waals surface area contributed by atoms with Gasteiger partial charge in [-0.05, 0) is 23.3 Å². The maximum atomic E-state index is 13.4. The first-order valence-electron chi connectivity index (χ1n) is 8.39. The molecule has 25 heavy (non-hydrogen) atoms. The minimum Gasteiger partial charge on any atom is -0.481 e. The summed E-state index contributed by atoms with van der Waals surface area (Å²) < 4.78 is 12.4. The lowest BCUT2D eigenvalue weighted by atomic mass is 9.81. The molecule has 0 aromatic heterocycles. The zero-order chi connectivity index (χ0) is 16.9. The van der Waals surface area contributed by atoms with Crippen molar-refractivity contribution < 1.29 is 14.3 Å². The molecule has 3 aromatic carbocycles. The molecule has 3 heteroatoms. The zero-order valence-corrected chi connectivity index (χ0v) is 13.5. The van der Waals surface area contributed by atoms with Crippen LogP contribution >= 0.6 is 0 Å².